The fourth-order valence-electron chi connectivity index (χ4n) is 11.1. The molecule has 0 aliphatic heterocycles. The lowest BCUT2D eigenvalue weighted by Gasteiger charge is -2.62. The molecule has 0 saturated heterocycles. The predicted octanol–water partition coefficient (Wildman–Crippen LogP) is 6.80. The molecule has 4 saturated carbocycles. The molecular formula is C40H55N3O7. The van der Waals surface area contributed by atoms with E-state index in [1.165, 1.54) is 0 Å². The van der Waals surface area contributed by atoms with Crippen LogP contribution in [0.5, 0.6) is 0 Å². The number of pyridine rings is 1. The Hall–Kier alpha value is -3.34. The molecule has 10 nitrogen and oxygen atoms in total. The molecular weight excluding hydrogens is 634 g/mol. The van der Waals surface area contributed by atoms with Gasteiger partial charge in [-0.15, -0.1) is 0 Å². The number of esters is 2. The van der Waals surface area contributed by atoms with Crippen LogP contribution in [-0.4, -0.2) is 49.3 Å². The van der Waals surface area contributed by atoms with Gasteiger partial charge >= 0.3 is 11.9 Å². The van der Waals surface area contributed by atoms with Crippen LogP contribution in [0.25, 0.3) is 0 Å². The first-order chi connectivity index (χ1) is 24.0. The summed E-state index contributed by atoms with van der Waals surface area (Å²) in [4.78, 5) is 43.3. The van der Waals surface area contributed by atoms with E-state index in [1.54, 1.807) is 50.9 Å². The Kier molecular flexibility index (Phi) is 11.0. The van der Waals surface area contributed by atoms with Gasteiger partial charge in [0.1, 0.15) is 12.2 Å². The van der Waals surface area contributed by atoms with Gasteiger partial charge in [0.25, 0.3) is 0 Å². The largest absolute Gasteiger partial charge is 0.459 e. The van der Waals surface area contributed by atoms with E-state index in [4.69, 9.17) is 24.8 Å². The van der Waals surface area contributed by atoms with Crippen LogP contribution < -0.4 is 11.3 Å². The van der Waals surface area contributed by atoms with Crippen molar-refractivity contribution in [1.29, 1.82) is 0 Å². The molecule has 0 radical (unpaired) electrons. The summed E-state index contributed by atoms with van der Waals surface area (Å²) in [5, 5.41) is 0. The second-order valence-electron chi connectivity index (χ2n) is 15.9. The van der Waals surface area contributed by atoms with Crippen LogP contribution in [0.2, 0.25) is 0 Å². The van der Waals surface area contributed by atoms with Gasteiger partial charge < -0.3 is 18.9 Å². The highest BCUT2D eigenvalue weighted by molar-refractivity contribution is 5.90. The average molecular weight is 690 g/mol. The molecule has 1 aromatic carbocycles. The normalized spacial score (nSPS) is 33.8. The van der Waals surface area contributed by atoms with E-state index in [1.807, 2.05) is 12.1 Å². The Labute approximate surface area is 296 Å². The van der Waals surface area contributed by atoms with Gasteiger partial charge in [-0.1, -0.05) is 32.9 Å². The van der Waals surface area contributed by atoms with Crippen molar-refractivity contribution in [3.63, 3.8) is 0 Å². The summed E-state index contributed by atoms with van der Waals surface area (Å²) in [6, 6.07) is 10.8. The summed E-state index contributed by atoms with van der Waals surface area (Å²) in [5.74, 6) is 7.01. The Balaban J connectivity index is 1.21. The van der Waals surface area contributed by atoms with E-state index in [0.717, 1.165) is 63.4 Å². The maximum absolute atomic E-state index is 13.7. The summed E-state index contributed by atoms with van der Waals surface area (Å²) in [6.45, 7) is 7.07. The number of rotatable bonds is 11. The molecule has 4 aliphatic carbocycles. The van der Waals surface area contributed by atoms with Crippen molar-refractivity contribution >= 4 is 17.8 Å². The van der Waals surface area contributed by atoms with Crippen LogP contribution in [0.4, 0.5) is 0 Å². The Morgan fingerprint density at radius 3 is 2.42 bits per heavy atom. The average Bonchev–Trinajstić information content (AvgIpc) is 3.50. The minimum atomic E-state index is -0.547. The number of aromatic nitrogens is 1. The summed E-state index contributed by atoms with van der Waals surface area (Å²) < 4.78 is 23.5. The summed E-state index contributed by atoms with van der Waals surface area (Å²) in [6.07, 6.45) is 11.3. The van der Waals surface area contributed by atoms with Gasteiger partial charge in [0.2, 0.25) is 5.91 Å². The minimum Gasteiger partial charge on any atom is -0.459 e. The second-order valence-corrected chi connectivity index (χ2v) is 15.9. The van der Waals surface area contributed by atoms with Crippen molar-refractivity contribution in [3.05, 3.63) is 65.5 Å². The molecule has 0 bridgehead atoms. The molecule has 0 spiro atoms. The van der Waals surface area contributed by atoms with Crippen LogP contribution in [-0.2, 0) is 23.7 Å². The van der Waals surface area contributed by atoms with Crippen molar-refractivity contribution in [3.8, 4) is 0 Å². The van der Waals surface area contributed by atoms with Gasteiger partial charge in [-0.3, -0.25) is 15.2 Å². The van der Waals surface area contributed by atoms with Crippen molar-refractivity contribution in [2.24, 2.45) is 52.2 Å². The van der Waals surface area contributed by atoms with E-state index in [9.17, 15) is 14.4 Å². The van der Waals surface area contributed by atoms with Crippen molar-refractivity contribution in [2.75, 3.05) is 14.2 Å². The van der Waals surface area contributed by atoms with Crippen molar-refractivity contribution in [1.82, 2.24) is 10.4 Å². The first kappa shape index (κ1) is 36.5. The topological polar surface area (TPSA) is 139 Å². The smallest absolute Gasteiger partial charge is 0.339 e. The number of carbonyl (C=O) groups is 3. The molecule has 1 amide bonds. The molecule has 6 rings (SSSR count). The lowest BCUT2D eigenvalue weighted by atomic mass is 9.43. The highest BCUT2D eigenvalue weighted by atomic mass is 16.7. The number of nitrogens with one attached hydrogen (secondary N) is 1. The molecule has 1 aromatic heterocycles. The third-order valence-corrected chi connectivity index (χ3v) is 13.7. The van der Waals surface area contributed by atoms with Gasteiger partial charge in [-0.2, -0.15) is 0 Å². The molecule has 3 N–H and O–H groups in total. The van der Waals surface area contributed by atoms with Crippen molar-refractivity contribution < 1.29 is 33.3 Å². The third-order valence-electron chi connectivity index (χ3n) is 13.7. The van der Waals surface area contributed by atoms with Crippen LogP contribution in [0.1, 0.15) is 118 Å². The number of ether oxygens (including phenoxy) is 4. The number of nitrogens with two attached hydrogens (primary N) is 1. The Bertz CT molecular complexity index is 1520. The van der Waals surface area contributed by atoms with E-state index in [-0.39, 0.29) is 46.8 Å². The van der Waals surface area contributed by atoms with Crippen LogP contribution in [0.15, 0.2) is 48.8 Å². The minimum absolute atomic E-state index is 0.0547. The number of nitrogens with zero attached hydrogens (tertiary/aromatic N) is 1. The van der Waals surface area contributed by atoms with E-state index < -0.39 is 6.29 Å². The number of benzene rings is 1. The number of hydrogen-bond acceptors (Lipinski definition) is 9. The monoisotopic (exact) mass is 689 g/mol. The molecule has 4 aliphatic rings. The molecule has 10 heteroatoms. The number of amides is 1. The molecule has 10 atom stereocenters. The fraction of sp³-hybridized carbons (Fsp3) is 0.650. The SMILES string of the molecule is COC(OC)c1cccc(C(=O)O[C@@H]2CC[C@@]3(C)[C@H](CC[C@@H]4[C@@H]3C[C@H](OC(=O)c3cccnc3)[C@]3(C)[C@@H]([C@H](C)CCC(=O)NN)CC[C@@H]43)C2)c1. The van der Waals surface area contributed by atoms with Gasteiger partial charge in [0.15, 0.2) is 6.29 Å². The van der Waals surface area contributed by atoms with Crippen LogP contribution in [0, 0.1) is 46.3 Å². The van der Waals surface area contributed by atoms with E-state index in [0.29, 0.717) is 47.1 Å². The Morgan fingerprint density at radius 1 is 0.940 bits per heavy atom. The van der Waals surface area contributed by atoms with Crippen LogP contribution >= 0.6 is 0 Å². The third kappa shape index (κ3) is 6.83. The standard InChI is InChI=1S/C40H55N3O7/c1-24(11-16-35(44)43-41)31-14-15-32-30-13-12-28-21-29(49-36(45)25-8-6-9-26(20-25)38(47-4)48-5)17-18-39(28,2)33(30)22-34(40(31,32)3)50-37(46)27-10-7-19-42-23-27/h6-10,19-20,23-24,28-34,38H,11-18,21-22,41H2,1-5H3,(H,43,44)/t24-,28-,29-,30+,31-,32+,33+,34+,39+,40-/m1/s1. The molecule has 272 valence electrons. The van der Waals surface area contributed by atoms with Gasteiger partial charge in [-0.25, -0.2) is 15.4 Å². The van der Waals surface area contributed by atoms with Gasteiger partial charge in [-0.05, 0) is 123 Å². The lowest BCUT2D eigenvalue weighted by Crippen LogP contribution is -2.59. The first-order valence-electron chi connectivity index (χ1n) is 18.5. The zero-order chi connectivity index (χ0) is 35.6. The summed E-state index contributed by atoms with van der Waals surface area (Å²) >= 11 is 0. The summed E-state index contributed by atoms with van der Waals surface area (Å²) in [7, 11) is 3.15. The van der Waals surface area contributed by atoms with E-state index >= 15 is 0 Å². The predicted molar refractivity (Wildman–Crippen MR) is 187 cm³/mol. The molecule has 2 aromatic rings. The van der Waals surface area contributed by atoms with Crippen LogP contribution in [0.3, 0.4) is 0 Å². The number of hydrogen-bond donors (Lipinski definition) is 2. The highest BCUT2D eigenvalue weighted by Gasteiger charge is 2.65. The molecule has 50 heavy (non-hydrogen) atoms. The first-order valence-corrected chi connectivity index (χ1v) is 18.5. The molecule has 0 unspecified atom stereocenters. The van der Waals surface area contributed by atoms with Crippen molar-refractivity contribution in [2.45, 2.75) is 103 Å². The maximum Gasteiger partial charge on any atom is 0.339 e. The lowest BCUT2D eigenvalue weighted by molar-refractivity contribution is -0.176. The highest BCUT2D eigenvalue weighted by Crippen LogP contribution is 2.69. The fourth-order valence-corrected chi connectivity index (χ4v) is 11.1. The zero-order valence-electron chi connectivity index (χ0n) is 30.3. The van der Waals surface area contributed by atoms with Gasteiger partial charge in [0, 0.05) is 44.0 Å². The Morgan fingerprint density at radius 2 is 1.70 bits per heavy atom. The van der Waals surface area contributed by atoms with E-state index in [2.05, 4.69) is 31.2 Å². The van der Waals surface area contributed by atoms with Gasteiger partial charge in [0.05, 0.1) is 11.1 Å². The number of hydrazine groups is 1. The molecule has 1 heterocycles. The number of fused-ring (bicyclic) bond motifs is 5. The second kappa shape index (κ2) is 15.1. The quantitative estimate of drug-likeness (QED) is 0.0858. The zero-order valence-corrected chi connectivity index (χ0v) is 30.3. The summed E-state index contributed by atoms with van der Waals surface area (Å²) in [5.41, 5.74) is 3.87. The number of methoxy groups -OCH3 is 2. The number of carbonyl (C=O) groups excluding carboxylic acids is 3. The molecule has 4 fully saturated rings. The maximum atomic E-state index is 13.7.